The molecule has 0 aromatic heterocycles. The Kier molecular flexibility index (Phi) is 7.82. The summed E-state index contributed by atoms with van der Waals surface area (Å²) in [6.07, 6.45) is -3.40. The van der Waals surface area contributed by atoms with E-state index in [1.807, 2.05) is 5.43 Å². The maximum atomic E-state index is 12.8. The Labute approximate surface area is 197 Å². The van der Waals surface area contributed by atoms with Gasteiger partial charge in [0.1, 0.15) is 11.5 Å². The fourth-order valence-corrected chi connectivity index (χ4v) is 2.73. The van der Waals surface area contributed by atoms with Gasteiger partial charge < -0.3 is 14.8 Å². The number of benzene rings is 3. The molecule has 0 heterocycles. The molecule has 0 aliphatic rings. The van der Waals surface area contributed by atoms with Crippen LogP contribution in [0.5, 0.6) is 11.5 Å². The lowest BCUT2D eigenvalue weighted by atomic mass is 10.2. The highest BCUT2D eigenvalue weighted by Gasteiger charge is 2.30. The van der Waals surface area contributed by atoms with Crippen molar-refractivity contribution in [3.8, 4) is 11.5 Å². The number of nitrogens with one attached hydrogen (secondary N) is 2. The Morgan fingerprint density at radius 2 is 1.60 bits per heavy atom. The largest absolute Gasteiger partial charge is 0.497 e. The highest BCUT2D eigenvalue weighted by atomic mass is 19.4. The molecular weight excluding hydrogens is 467 g/mol. The molecule has 2 N–H and O–H groups in total. The molecule has 8 nitrogen and oxygen atoms in total. The van der Waals surface area contributed by atoms with Crippen LogP contribution >= 0.6 is 0 Å². The van der Waals surface area contributed by atoms with Crippen molar-refractivity contribution in [2.24, 2.45) is 5.10 Å². The number of halogens is 3. The topological polar surface area (TPSA) is 106 Å². The monoisotopic (exact) mass is 485 g/mol. The van der Waals surface area contributed by atoms with Gasteiger partial charge in [0.2, 0.25) is 0 Å². The van der Waals surface area contributed by atoms with Gasteiger partial charge in [0.25, 0.3) is 0 Å². The number of hydrogen-bond donors (Lipinski definition) is 2. The molecule has 0 atom stereocenters. The number of alkyl halides is 3. The zero-order chi connectivity index (χ0) is 25.4. The average Bonchev–Trinajstić information content (AvgIpc) is 2.84. The first-order chi connectivity index (χ1) is 16.7. The molecule has 0 aliphatic heterocycles. The van der Waals surface area contributed by atoms with Gasteiger partial charge in [-0.25, -0.2) is 10.2 Å². The Bertz CT molecular complexity index is 1260. The van der Waals surface area contributed by atoms with E-state index < -0.39 is 29.5 Å². The molecule has 0 radical (unpaired) electrons. The van der Waals surface area contributed by atoms with E-state index >= 15 is 0 Å². The fraction of sp³-hybridized carbons (Fsp3) is 0.0833. The van der Waals surface area contributed by atoms with Gasteiger partial charge in [0.15, 0.2) is 0 Å². The van der Waals surface area contributed by atoms with E-state index in [1.54, 1.807) is 42.5 Å². The number of carbonyl (C=O) groups is 3. The minimum absolute atomic E-state index is 0.199. The van der Waals surface area contributed by atoms with E-state index in [0.717, 1.165) is 12.1 Å². The number of esters is 1. The summed E-state index contributed by atoms with van der Waals surface area (Å²) < 4.78 is 48.6. The van der Waals surface area contributed by atoms with Gasteiger partial charge in [0, 0.05) is 5.69 Å². The lowest BCUT2D eigenvalue weighted by molar-refractivity contribution is -0.137. The van der Waals surface area contributed by atoms with Crippen molar-refractivity contribution < 1.29 is 37.0 Å². The smallest absolute Gasteiger partial charge is 0.416 e. The first-order valence-corrected chi connectivity index (χ1v) is 9.93. The molecule has 0 saturated heterocycles. The molecule has 180 valence electrons. The maximum Gasteiger partial charge on any atom is 0.416 e. The number of rotatable bonds is 6. The average molecular weight is 485 g/mol. The number of amides is 2. The number of anilines is 1. The molecule has 0 unspecified atom stereocenters. The predicted octanol–water partition coefficient (Wildman–Crippen LogP) is 4.02. The molecule has 11 heteroatoms. The van der Waals surface area contributed by atoms with E-state index in [2.05, 4.69) is 10.4 Å². The lowest BCUT2D eigenvalue weighted by Crippen LogP contribution is -2.32. The van der Waals surface area contributed by atoms with Crippen LogP contribution in [-0.2, 0) is 15.8 Å². The fourth-order valence-electron chi connectivity index (χ4n) is 2.73. The summed E-state index contributed by atoms with van der Waals surface area (Å²) in [4.78, 5) is 36.1. The third-order valence-electron chi connectivity index (χ3n) is 4.43. The van der Waals surface area contributed by atoms with Gasteiger partial charge in [-0.2, -0.15) is 18.3 Å². The van der Waals surface area contributed by atoms with Crippen molar-refractivity contribution in [2.75, 3.05) is 12.4 Å². The normalized spacial score (nSPS) is 11.1. The molecule has 2 amide bonds. The Hall–Kier alpha value is -4.67. The summed E-state index contributed by atoms with van der Waals surface area (Å²) >= 11 is 0. The lowest BCUT2D eigenvalue weighted by Gasteiger charge is -2.09. The van der Waals surface area contributed by atoms with E-state index in [1.165, 1.54) is 25.5 Å². The third kappa shape index (κ3) is 7.16. The standard InChI is InChI=1S/C24H18F3N3O5/c1-34-19-10-8-16(9-11-19)23(33)35-20-7-2-4-15(12-20)14-28-30-22(32)21(31)29-18-6-3-5-17(13-18)24(25,26)27/h2-14H,1H3,(H,29,31)(H,30,32)/b28-14+. The first kappa shape index (κ1) is 25.0. The Balaban J connectivity index is 1.56. The molecule has 3 rings (SSSR count). The number of carbonyl (C=O) groups excluding carboxylic acids is 3. The SMILES string of the molecule is COc1ccc(C(=O)Oc2cccc(/C=N/NC(=O)C(=O)Nc3cccc(C(F)(F)F)c3)c2)cc1. The summed E-state index contributed by atoms with van der Waals surface area (Å²) in [7, 11) is 1.51. The van der Waals surface area contributed by atoms with Gasteiger partial charge >= 0.3 is 24.0 Å². The van der Waals surface area contributed by atoms with Crippen molar-refractivity contribution in [2.45, 2.75) is 6.18 Å². The van der Waals surface area contributed by atoms with Gasteiger partial charge in [0.05, 0.1) is 24.5 Å². The number of methoxy groups -OCH3 is 1. The van der Waals surface area contributed by atoms with Gasteiger partial charge in [-0.05, 0) is 60.2 Å². The highest BCUT2D eigenvalue weighted by Crippen LogP contribution is 2.30. The van der Waals surface area contributed by atoms with Crippen LogP contribution in [0.2, 0.25) is 0 Å². The van der Waals surface area contributed by atoms with Crippen molar-refractivity contribution in [1.29, 1.82) is 0 Å². The highest BCUT2D eigenvalue weighted by molar-refractivity contribution is 6.39. The van der Waals surface area contributed by atoms with E-state index in [0.29, 0.717) is 22.9 Å². The zero-order valence-electron chi connectivity index (χ0n) is 18.1. The van der Waals surface area contributed by atoms with Gasteiger partial charge in [-0.15, -0.1) is 0 Å². The summed E-state index contributed by atoms with van der Waals surface area (Å²) in [5, 5.41) is 5.70. The minimum Gasteiger partial charge on any atom is -0.497 e. The summed E-state index contributed by atoms with van der Waals surface area (Å²) in [5.41, 5.74) is 1.54. The van der Waals surface area contributed by atoms with Crippen LogP contribution in [0.25, 0.3) is 0 Å². The second kappa shape index (κ2) is 11.0. The summed E-state index contributed by atoms with van der Waals surface area (Å²) in [5.74, 6) is -2.19. The molecule has 0 saturated carbocycles. The predicted molar refractivity (Wildman–Crippen MR) is 120 cm³/mol. The van der Waals surface area contributed by atoms with E-state index in [4.69, 9.17) is 9.47 Å². The molecule has 35 heavy (non-hydrogen) atoms. The van der Waals surface area contributed by atoms with Crippen LogP contribution in [0.15, 0.2) is 77.9 Å². The second-order valence-corrected chi connectivity index (χ2v) is 6.92. The van der Waals surface area contributed by atoms with Crippen LogP contribution in [0.3, 0.4) is 0 Å². The molecule has 0 fully saturated rings. The van der Waals surface area contributed by atoms with Crippen LogP contribution in [0.1, 0.15) is 21.5 Å². The molecular formula is C24H18F3N3O5. The van der Waals surface area contributed by atoms with Crippen molar-refractivity contribution >= 4 is 29.7 Å². The van der Waals surface area contributed by atoms with Crippen molar-refractivity contribution in [3.05, 3.63) is 89.5 Å². The van der Waals surface area contributed by atoms with Gasteiger partial charge in [-0.1, -0.05) is 18.2 Å². The maximum absolute atomic E-state index is 12.8. The Morgan fingerprint density at radius 3 is 2.29 bits per heavy atom. The first-order valence-electron chi connectivity index (χ1n) is 9.93. The molecule has 0 bridgehead atoms. The van der Waals surface area contributed by atoms with Crippen LogP contribution in [0.4, 0.5) is 18.9 Å². The van der Waals surface area contributed by atoms with E-state index in [-0.39, 0.29) is 11.4 Å². The van der Waals surface area contributed by atoms with Crippen LogP contribution < -0.4 is 20.2 Å². The number of nitrogens with zero attached hydrogens (tertiary/aromatic N) is 1. The summed E-state index contributed by atoms with van der Waals surface area (Å²) in [6, 6.07) is 16.4. The Morgan fingerprint density at radius 1 is 0.886 bits per heavy atom. The zero-order valence-corrected chi connectivity index (χ0v) is 18.1. The quantitative estimate of drug-likeness (QED) is 0.180. The molecule has 3 aromatic carbocycles. The molecule has 0 spiro atoms. The third-order valence-corrected chi connectivity index (χ3v) is 4.43. The number of hydrogen-bond acceptors (Lipinski definition) is 6. The van der Waals surface area contributed by atoms with Crippen LogP contribution in [-0.4, -0.2) is 31.1 Å². The molecule has 0 aliphatic carbocycles. The van der Waals surface area contributed by atoms with Gasteiger partial charge in [-0.3, -0.25) is 9.59 Å². The van der Waals surface area contributed by atoms with Crippen molar-refractivity contribution in [3.63, 3.8) is 0 Å². The van der Waals surface area contributed by atoms with Crippen LogP contribution in [0, 0.1) is 0 Å². The van der Waals surface area contributed by atoms with E-state index in [9.17, 15) is 27.6 Å². The molecule has 3 aromatic rings. The number of hydrazone groups is 1. The van der Waals surface area contributed by atoms with Crippen molar-refractivity contribution in [1.82, 2.24) is 5.43 Å². The second-order valence-electron chi connectivity index (χ2n) is 6.92. The minimum atomic E-state index is -4.59. The summed E-state index contributed by atoms with van der Waals surface area (Å²) in [6.45, 7) is 0. The number of ether oxygens (including phenoxy) is 2.